The minimum Gasteiger partial charge on any atom is -0.358 e. The van der Waals surface area contributed by atoms with Gasteiger partial charge in [0.25, 0.3) is 0 Å². The van der Waals surface area contributed by atoms with E-state index in [9.17, 15) is 0 Å². The van der Waals surface area contributed by atoms with Crippen LogP contribution in [0.1, 0.15) is 5.69 Å². The minimum atomic E-state index is 0.860. The molecule has 0 spiro atoms. The lowest BCUT2D eigenvalue weighted by Gasteiger charge is -2.03. The molecule has 0 aliphatic heterocycles. The summed E-state index contributed by atoms with van der Waals surface area (Å²) in [5, 5.41) is 1.28. The van der Waals surface area contributed by atoms with Gasteiger partial charge in [0, 0.05) is 28.6 Å². The van der Waals surface area contributed by atoms with Gasteiger partial charge in [0.15, 0.2) is 0 Å². The predicted molar refractivity (Wildman–Crippen MR) is 77.6 cm³/mol. The van der Waals surface area contributed by atoms with E-state index in [1.165, 1.54) is 27.7 Å². The summed E-state index contributed by atoms with van der Waals surface area (Å²) >= 11 is 0. The van der Waals surface area contributed by atoms with Crippen LogP contribution >= 0.6 is 0 Å². The van der Waals surface area contributed by atoms with Gasteiger partial charge in [-0.25, -0.2) is 0 Å². The Hall–Kier alpha value is -2.28. The second-order valence-corrected chi connectivity index (χ2v) is 4.38. The molecule has 88 valence electrons. The number of hydrogen-bond donors (Lipinski definition) is 1. The van der Waals surface area contributed by atoms with Crippen molar-refractivity contribution in [1.29, 1.82) is 0 Å². The van der Waals surface area contributed by atoms with E-state index >= 15 is 0 Å². The third kappa shape index (κ3) is 1.74. The molecule has 18 heavy (non-hydrogen) atoms. The van der Waals surface area contributed by atoms with Gasteiger partial charge < -0.3 is 4.98 Å². The van der Waals surface area contributed by atoms with Gasteiger partial charge in [-0.05, 0) is 11.6 Å². The van der Waals surface area contributed by atoms with Crippen LogP contribution in [0.3, 0.4) is 0 Å². The molecule has 0 amide bonds. The largest absolute Gasteiger partial charge is 0.358 e. The number of aromatic nitrogens is 1. The molecule has 0 aliphatic rings. The molecular weight excluding hydrogens is 218 g/mol. The second-order valence-electron chi connectivity index (χ2n) is 4.38. The zero-order valence-corrected chi connectivity index (χ0v) is 10.2. The zero-order chi connectivity index (χ0) is 12.4. The van der Waals surface area contributed by atoms with E-state index in [1.54, 1.807) is 0 Å². The number of hydrogen-bond acceptors (Lipinski definition) is 0. The van der Waals surface area contributed by atoms with Crippen LogP contribution in [0.2, 0.25) is 0 Å². The fraction of sp³-hybridized carbons (Fsp3) is 0.0588. The van der Waals surface area contributed by atoms with Crippen molar-refractivity contribution in [3.8, 4) is 11.1 Å². The average molecular weight is 233 g/mol. The third-order valence-corrected chi connectivity index (χ3v) is 3.19. The molecule has 1 heteroatoms. The fourth-order valence-electron chi connectivity index (χ4n) is 2.43. The number of rotatable bonds is 3. The van der Waals surface area contributed by atoms with Crippen molar-refractivity contribution in [2.24, 2.45) is 0 Å². The first-order valence-corrected chi connectivity index (χ1v) is 6.16. The molecule has 3 rings (SSSR count). The van der Waals surface area contributed by atoms with Crippen molar-refractivity contribution in [2.75, 3.05) is 0 Å². The highest BCUT2D eigenvalue weighted by Gasteiger charge is 2.11. The maximum atomic E-state index is 3.84. The molecule has 1 nitrogen and oxygen atoms in total. The van der Waals surface area contributed by atoms with Gasteiger partial charge >= 0.3 is 0 Å². The SMILES string of the molecule is C=CCc1[nH]c2ccccc2c1-c1ccccc1. The van der Waals surface area contributed by atoms with Crippen LogP contribution in [0, 0.1) is 0 Å². The molecular formula is C17H15N. The summed E-state index contributed by atoms with van der Waals surface area (Å²) in [6.45, 7) is 3.84. The van der Waals surface area contributed by atoms with E-state index in [1.807, 2.05) is 12.1 Å². The highest BCUT2D eigenvalue weighted by Crippen LogP contribution is 2.32. The Kier molecular flexibility index (Phi) is 2.73. The molecule has 1 N–H and O–H groups in total. The molecule has 0 fully saturated rings. The lowest BCUT2D eigenvalue weighted by atomic mass is 10.0. The van der Waals surface area contributed by atoms with Crippen LogP contribution in [0.25, 0.3) is 22.0 Å². The Morgan fingerprint density at radius 1 is 0.944 bits per heavy atom. The average Bonchev–Trinajstić information content (AvgIpc) is 2.78. The van der Waals surface area contributed by atoms with Crippen LogP contribution in [-0.4, -0.2) is 4.98 Å². The summed E-state index contributed by atoms with van der Waals surface area (Å²) in [5.74, 6) is 0. The second kappa shape index (κ2) is 4.53. The van der Waals surface area contributed by atoms with Crippen molar-refractivity contribution < 1.29 is 0 Å². The normalized spacial score (nSPS) is 10.7. The Morgan fingerprint density at radius 3 is 2.44 bits per heavy atom. The monoisotopic (exact) mass is 233 g/mol. The van der Waals surface area contributed by atoms with E-state index in [2.05, 4.69) is 60.1 Å². The molecule has 1 heterocycles. The number of aromatic amines is 1. The molecule has 1 aromatic heterocycles. The van der Waals surface area contributed by atoms with Gasteiger partial charge in [-0.3, -0.25) is 0 Å². The summed E-state index contributed by atoms with van der Waals surface area (Å²) in [7, 11) is 0. The fourth-order valence-corrected chi connectivity index (χ4v) is 2.43. The first-order valence-electron chi connectivity index (χ1n) is 6.16. The van der Waals surface area contributed by atoms with E-state index < -0.39 is 0 Å². The highest BCUT2D eigenvalue weighted by atomic mass is 14.7. The van der Waals surface area contributed by atoms with Crippen molar-refractivity contribution in [3.05, 3.63) is 72.9 Å². The molecule has 0 unspecified atom stereocenters. The molecule has 3 aromatic rings. The first-order chi connectivity index (χ1) is 8.90. The quantitative estimate of drug-likeness (QED) is 0.638. The zero-order valence-electron chi connectivity index (χ0n) is 10.2. The maximum absolute atomic E-state index is 3.84. The molecule has 0 bridgehead atoms. The first kappa shape index (κ1) is 10.8. The topological polar surface area (TPSA) is 15.8 Å². The van der Waals surface area contributed by atoms with Crippen LogP contribution in [0.15, 0.2) is 67.3 Å². The van der Waals surface area contributed by atoms with Crippen molar-refractivity contribution in [1.82, 2.24) is 4.98 Å². The standard InChI is InChI=1S/C17H15N/c1-2-8-16-17(13-9-4-3-5-10-13)14-11-6-7-12-15(14)18-16/h2-7,9-12,18H,1,8H2. The summed E-state index contributed by atoms with van der Waals surface area (Å²) in [6.07, 6.45) is 2.80. The number of H-pyrrole nitrogens is 1. The van der Waals surface area contributed by atoms with Crippen LogP contribution in [0.4, 0.5) is 0 Å². The molecule has 0 saturated heterocycles. The van der Waals surface area contributed by atoms with Gasteiger partial charge in [0.1, 0.15) is 0 Å². The van der Waals surface area contributed by atoms with E-state index in [0.717, 1.165) is 6.42 Å². The summed E-state index contributed by atoms with van der Waals surface area (Å²) in [6, 6.07) is 18.9. The molecule has 0 saturated carbocycles. The van der Waals surface area contributed by atoms with E-state index in [-0.39, 0.29) is 0 Å². The molecule has 0 aliphatic carbocycles. The highest BCUT2D eigenvalue weighted by molar-refractivity contribution is 5.97. The Balaban J connectivity index is 2.31. The lowest BCUT2D eigenvalue weighted by molar-refractivity contribution is 1.18. The summed E-state index contributed by atoms with van der Waals surface area (Å²) in [4.78, 5) is 3.49. The minimum absolute atomic E-state index is 0.860. The van der Waals surface area contributed by atoms with E-state index in [0.29, 0.717) is 0 Å². The Bertz CT molecular complexity index is 677. The molecule has 2 aromatic carbocycles. The summed E-state index contributed by atoms with van der Waals surface area (Å²) < 4.78 is 0. The third-order valence-electron chi connectivity index (χ3n) is 3.19. The Morgan fingerprint density at radius 2 is 1.67 bits per heavy atom. The van der Waals surface area contributed by atoms with Crippen molar-refractivity contribution >= 4 is 10.9 Å². The van der Waals surface area contributed by atoms with Crippen LogP contribution in [0.5, 0.6) is 0 Å². The number of allylic oxidation sites excluding steroid dienone is 1. The smallest absolute Gasteiger partial charge is 0.0462 e. The van der Waals surface area contributed by atoms with Gasteiger partial charge in [-0.1, -0.05) is 54.6 Å². The molecule has 0 atom stereocenters. The van der Waals surface area contributed by atoms with Crippen LogP contribution in [-0.2, 0) is 6.42 Å². The van der Waals surface area contributed by atoms with Crippen LogP contribution < -0.4 is 0 Å². The summed E-state index contributed by atoms with van der Waals surface area (Å²) in [5.41, 5.74) is 4.98. The number of benzene rings is 2. The van der Waals surface area contributed by atoms with Crippen molar-refractivity contribution in [3.63, 3.8) is 0 Å². The van der Waals surface area contributed by atoms with Gasteiger partial charge in [0.2, 0.25) is 0 Å². The van der Waals surface area contributed by atoms with Crippen molar-refractivity contribution in [2.45, 2.75) is 6.42 Å². The lowest BCUT2D eigenvalue weighted by Crippen LogP contribution is -1.85. The number of para-hydroxylation sites is 1. The number of nitrogens with one attached hydrogen (secondary N) is 1. The van der Waals surface area contributed by atoms with Gasteiger partial charge in [0.05, 0.1) is 0 Å². The predicted octanol–water partition coefficient (Wildman–Crippen LogP) is 4.56. The van der Waals surface area contributed by atoms with E-state index in [4.69, 9.17) is 0 Å². The Labute approximate surface area is 107 Å². The molecule has 0 radical (unpaired) electrons. The number of fused-ring (bicyclic) bond motifs is 1. The maximum Gasteiger partial charge on any atom is 0.0462 e. The van der Waals surface area contributed by atoms with Gasteiger partial charge in [-0.15, -0.1) is 6.58 Å². The van der Waals surface area contributed by atoms with Gasteiger partial charge in [-0.2, -0.15) is 0 Å².